The summed E-state index contributed by atoms with van der Waals surface area (Å²) in [6.45, 7) is 0. The zero-order valence-corrected chi connectivity index (χ0v) is 6.60. The molecule has 0 heterocycles. The van der Waals surface area contributed by atoms with Crippen molar-refractivity contribution in [2.75, 3.05) is 0 Å². The maximum atomic E-state index is 6.26. The minimum absolute atomic E-state index is 0.290. The SMILES string of the molecule is NC1(C2CC2)CCCCC1. The fraction of sp³-hybridized carbons (Fsp3) is 1.00. The van der Waals surface area contributed by atoms with Gasteiger partial charge in [-0.25, -0.2) is 0 Å². The predicted molar refractivity (Wildman–Crippen MR) is 42.7 cm³/mol. The summed E-state index contributed by atoms with van der Waals surface area (Å²) < 4.78 is 0. The van der Waals surface area contributed by atoms with Crippen molar-refractivity contribution in [1.29, 1.82) is 0 Å². The quantitative estimate of drug-likeness (QED) is 0.591. The minimum Gasteiger partial charge on any atom is -0.325 e. The molecule has 0 aromatic rings. The Labute approximate surface area is 63.0 Å². The fourth-order valence-corrected chi connectivity index (χ4v) is 2.28. The average molecular weight is 139 g/mol. The first-order chi connectivity index (χ1) is 4.81. The smallest absolute Gasteiger partial charge is 0.0182 e. The van der Waals surface area contributed by atoms with Gasteiger partial charge in [0.15, 0.2) is 0 Å². The standard InChI is InChI=1S/C9H17N/c10-9(8-4-5-8)6-2-1-3-7-9/h8H,1-7,10H2. The van der Waals surface area contributed by atoms with Crippen molar-refractivity contribution in [2.24, 2.45) is 11.7 Å². The van der Waals surface area contributed by atoms with E-state index in [-0.39, 0.29) is 5.54 Å². The van der Waals surface area contributed by atoms with Crippen molar-refractivity contribution in [3.63, 3.8) is 0 Å². The van der Waals surface area contributed by atoms with Gasteiger partial charge in [-0.3, -0.25) is 0 Å². The molecule has 0 aliphatic heterocycles. The Balaban J connectivity index is 1.97. The summed E-state index contributed by atoms with van der Waals surface area (Å²) in [6.07, 6.45) is 9.62. The Morgan fingerprint density at radius 1 is 1.00 bits per heavy atom. The van der Waals surface area contributed by atoms with E-state index in [1.54, 1.807) is 0 Å². The molecule has 58 valence electrons. The van der Waals surface area contributed by atoms with E-state index in [2.05, 4.69) is 0 Å². The monoisotopic (exact) mass is 139 g/mol. The topological polar surface area (TPSA) is 26.0 Å². The third-order valence-corrected chi connectivity index (χ3v) is 3.17. The van der Waals surface area contributed by atoms with Gasteiger partial charge in [-0.05, 0) is 31.6 Å². The van der Waals surface area contributed by atoms with E-state index >= 15 is 0 Å². The first kappa shape index (κ1) is 6.66. The van der Waals surface area contributed by atoms with Gasteiger partial charge in [-0.15, -0.1) is 0 Å². The molecule has 0 unspecified atom stereocenters. The zero-order chi connectivity index (χ0) is 7.03. The molecule has 0 aromatic carbocycles. The normalized spacial score (nSPS) is 32.1. The lowest BCUT2D eigenvalue weighted by Gasteiger charge is -2.33. The molecule has 0 spiro atoms. The highest BCUT2D eigenvalue weighted by atomic mass is 14.8. The van der Waals surface area contributed by atoms with E-state index in [1.807, 2.05) is 0 Å². The second-order valence-corrected chi connectivity index (χ2v) is 4.07. The molecule has 0 atom stereocenters. The number of hydrogen-bond acceptors (Lipinski definition) is 1. The van der Waals surface area contributed by atoms with Gasteiger partial charge in [-0.2, -0.15) is 0 Å². The molecule has 0 bridgehead atoms. The molecule has 2 N–H and O–H groups in total. The van der Waals surface area contributed by atoms with Crippen LogP contribution in [0.1, 0.15) is 44.9 Å². The van der Waals surface area contributed by atoms with Crippen LogP contribution in [-0.4, -0.2) is 5.54 Å². The lowest BCUT2D eigenvalue weighted by Crippen LogP contribution is -2.43. The van der Waals surface area contributed by atoms with Crippen LogP contribution in [0.5, 0.6) is 0 Å². The van der Waals surface area contributed by atoms with Crippen LogP contribution >= 0.6 is 0 Å². The van der Waals surface area contributed by atoms with Gasteiger partial charge in [0.25, 0.3) is 0 Å². The van der Waals surface area contributed by atoms with Gasteiger partial charge in [0.2, 0.25) is 0 Å². The molecule has 0 amide bonds. The zero-order valence-electron chi connectivity index (χ0n) is 6.60. The predicted octanol–water partition coefficient (Wildman–Crippen LogP) is 2.06. The lowest BCUT2D eigenvalue weighted by atomic mass is 9.79. The Kier molecular flexibility index (Phi) is 1.48. The molecule has 10 heavy (non-hydrogen) atoms. The van der Waals surface area contributed by atoms with Gasteiger partial charge in [0.1, 0.15) is 0 Å². The van der Waals surface area contributed by atoms with Gasteiger partial charge in [-0.1, -0.05) is 19.3 Å². The molecule has 2 aliphatic carbocycles. The Morgan fingerprint density at radius 3 is 2.10 bits per heavy atom. The third kappa shape index (κ3) is 1.07. The van der Waals surface area contributed by atoms with E-state index in [9.17, 15) is 0 Å². The molecular weight excluding hydrogens is 122 g/mol. The molecule has 2 saturated carbocycles. The van der Waals surface area contributed by atoms with Crippen LogP contribution in [0.3, 0.4) is 0 Å². The summed E-state index contributed by atoms with van der Waals surface area (Å²) in [7, 11) is 0. The highest BCUT2D eigenvalue weighted by Crippen LogP contribution is 2.45. The molecule has 0 aromatic heterocycles. The number of rotatable bonds is 1. The average Bonchev–Trinajstić information content (AvgIpc) is 2.69. The van der Waals surface area contributed by atoms with E-state index in [0.29, 0.717) is 0 Å². The summed E-state index contributed by atoms with van der Waals surface area (Å²) in [5.74, 6) is 0.910. The molecular formula is C9H17N. The number of hydrogen-bond donors (Lipinski definition) is 1. The van der Waals surface area contributed by atoms with Crippen molar-refractivity contribution in [2.45, 2.75) is 50.5 Å². The van der Waals surface area contributed by atoms with Crippen LogP contribution in [0.25, 0.3) is 0 Å². The van der Waals surface area contributed by atoms with Crippen LogP contribution in [0.15, 0.2) is 0 Å². The van der Waals surface area contributed by atoms with Crippen molar-refractivity contribution in [3.05, 3.63) is 0 Å². The highest BCUT2D eigenvalue weighted by Gasteiger charge is 2.42. The van der Waals surface area contributed by atoms with Crippen LogP contribution in [0.4, 0.5) is 0 Å². The lowest BCUT2D eigenvalue weighted by molar-refractivity contribution is 0.261. The van der Waals surface area contributed by atoms with E-state index in [4.69, 9.17) is 5.73 Å². The van der Waals surface area contributed by atoms with Gasteiger partial charge < -0.3 is 5.73 Å². The summed E-state index contributed by atoms with van der Waals surface area (Å²) in [5, 5.41) is 0. The first-order valence-electron chi connectivity index (χ1n) is 4.60. The van der Waals surface area contributed by atoms with Crippen LogP contribution in [0, 0.1) is 5.92 Å². The molecule has 1 nitrogen and oxygen atoms in total. The summed E-state index contributed by atoms with van der Waals surface area (Å²) >= 11 is 0. The van der Waals surface area contributed by atoms with Crippen molar-refractivity contribution in [1.82, 2.24) is 0 Å². The largest absolute Gasteiger partial charge is 0.325 e. The van der Waals surface area contributed by atoms with E-state index in [0.717, 1.165) is 5.92 Å². The van der Waals surface area contributed by atoms with E-state index in [1.165, 1.54) is 44.9 Å². The maximum Gasteiger partial charge on any atom is 0.0182 e. The first-order valence-corrected chi connectivity index (χ1v) is 4.60. The maximum absolute atomic E-state index is 6.26. The second-order valence-electron chi connectivity index (χ2n) is 4.07. The second kappa shape index (κ2) is 2.23. The summed E-state index contributed by atoms with van der Waals surface area (Å²) in [4.78, 5) is 0. The molecule has 1 heteroatoms. The Morgan fingerprint density at radius 2 is 1.60 bits per heavy atom. The van der Waals surface area contributed by atoms with Crippen molar-refractivity contribution in [3.8, 4) is 0 Å². The third-order valence-electron chi connectivity index (χ3n) is 3.17. The van der Waals surface area contributed by atoms with Crippen LogP contribution in [0.2, 0.25) is 0 Å². The van der Waals surface area contributed by atoms with Crippen LogP contribution < -0.4 is 5.73 Å². The van der Waals surface area contributed by atoms with Crippen molar-refractivity contribution < 1.29 is 0 Å². The fourth-order valence-electron chi connectivity index (χ4n) is 2.28. The number of nitrogens with two attached hydrogens (primary N) is 1. The van der Waals surface area contributed by atoms with Crippen molar-refractivity contribution >= 4 is 0 Å². The summed E-state index contributed by atoms with van der Waals surface area (Å²) in [6, 6.07) is 0. The minimum atomic E-state index is 0.290. The Bertz CT molecular complexity index is 121. The Hall–Kier alpha value is -0.0400. The van der Waals surface area contributed by atoms with Gasteiger partial charge in [0, 0.05) is 5.54 Å². The van der Waals surface area contributed by atoms with Crippen LogP contribution in [-0.2, 0) is 0 Å². The summed E-state index contributed by atoms with van der Waals surface area (Å²) in [5.41, 5.74) is 6.55. The molecule has 0 radical (unpaired) electrons. The molecule has 2 fully saturated rings. The molecule has 0 saturated heterocycles. The van der Waals surface area contributed by atoms with E-state index < -0.39 is 0 Å². The molecule has 2 aliphatic rings. The highest BCUT2D eigenvalue weighted by molar-refractivity contribution is 4.99. The van der Waals surface area contributed by atoms with Gasteiger partial charge in [0.05, 0.1) is 0 Å². The van der Waals surface area contributed by atoms with Gasteiger partial charge >= 0.3 is 0 Å². The molecule has 2 rings (SSSR count).